The van der Waals surface area contributed by atoms with Crippen molar-refractivity contribution in [3.8, 4) is 0 Å². The zero-order valence-corrected chi connectivity index (χ0v) is 13.8. The highest BCUT2D eigenvalue weighted by atomic mass is 32.2. The summed E-state index contributed by atoms with van der Waals surface area (Å²) < 4.78 is 31.1. The van der Waals surface area contributed by atoms with E-state index in [4.69, 9.17) is 4.55 Å². The van der Waals surface area contributed by atoms with Gasteiger partial charge in [-0.2, -0.15) is 8.42 Å². The molecule has 2 atom stereocenters. The molecule has 22 heavy (non-hydrogen) atoms. The molecule has 0 saturated heterocycles. The Kier molecular flexibility index (Phi) is 3.17. The van der Waals surface area contributed by atoms with Crippen molar-refractivity contribution in [2.24, 2.45) is 16.7 Å². The first kappa shape index (κ1) is 15.4. The summed E-state index contributed by atoms with van der Waals surface area (Å²) in [5.74, 6) is 0.471. The van der Waals surface area contributed by atoms with Crippen molar-refractivity contribution in [1.29, 1.82) is 0 Å². The van der Waals surface area contributed by atoms with Crippen molar-refractivity contribution in [3.05, 3.63) is 35.4 Å². The van der Waals surface area contributed by atoms with Crippen LogP contribution >= 0.6 is 0 Å². The Morgan fingerprint density at radius 2 is 1.77 bits per heavy atom. The molecule has 2 fully saturated rings. The van der Waals surface area contributed by atoms with Gasteiger partial charge < -0.3 is 0 Å². The monoisotopic (exact) mass is 320 g/mol. The molecule has 2 bridgehead atoms. The second-order valence-corrected chi connectivity index (χ2v) is 8.54. The third-order valence-electron chi connectivity index (χ3n) is 5.87. The van der Waals surface area contributed by atoms with Crippen LogP contribution in [0.25, 0.3) is 6.08 Å². The Balaban J connectivity index is 1.99. The van der Waals surface area contributed by atoms with Gasteiger partial charge in [0, 0.05) is 5.41 Å². The van der Waals surface area contributed by atoms with Crippen molar-refractivity contribution >= 4 is 22.0 Å². The molecular formula is C17H20O4S. The van der Waals surface area contributed by atoms with Crippen LogP contribution < -0.4 is 0 Å². The van der Waals surface area contributed by atoms with Crippen molar-refractivity contribution in [3.63, 3.8) is 0 Å². The maximum Gasteiger partial charge on any atom is 0.294 e. The Morgan fingerprint density at radius 1 is 1.18 bits per heavy atom. The molecule has 0 spiro atoms. The number of ketones is 1. The third-order valence-corrected chi connectivity index (χ3v) is 6.73. The van der Waals surface area contributed by atoms with E-state index in [1.165, 1.54) is 12.1 Å². The maximum absolute atomic E-state index is 12.7. The van der Waals surface area contributed by atoms with Gasteiger partial charge in [0.2, 0.25) is 0 Å². The molecule has 0 aliphatic heterocycles. The van der Waals surface area contributed by atoms with Gasteiger partial charge in [0.25, 0.3) is 10.1 Å². The number of hydrogen-bond acceptors (Lipinski definition) is 3. The minimum absolute atomic E-state index is 0.0374. The number of benzene rings is 1. The lowest BCUT2D eigenvalue weighted by Crippen LogP contribution is -2.32. The fourth-order valence-electron chi connectivity index (χ4n) is 4.01. The predicted molar refractivity (Wildman–Crippen MR) is 83.9 cm³/mol. The van der Waals surface area contributed by atoms with Crippen LogP contribution in [0.3, 0.4) is 0 Å². The minimum atomic E-state index is -4.18. The lowest BCUT2D eigenvalue weighted by atomic mass is 9.70. The van der Waals surface area contributed by atoms with Crippen LogP contribution in [0.5, 0.6) is 0 Å². The van der Waals surface area contributed by atoms with Gasteiger partial charge in [-0.05, 0) is 53.5 Å². The number of Topliss-reactive ketones (excluding diaryl/α,β-unsaturated/α-hetero) is 1. The van der Waals surface area contributed by atoms with Crippen LogP contribution in [-0.4, -0.2) is 18.8 Å². The number of carbonyl (C=O) groups is 1. The molecule has 118 valence electrons. The van der Waals surface area contributed by atoms with Crippen molar-refractivity contribution in [1.82, 2.24) is 0 Å². The summed E-state index contributed by atoms with van der Waals surface area (Å²) >= 11 is 0. The van der Waals surface area contributed by atoms with Crippen LogP contribution in [0.2, 0.25) is 0 Å². The highest BCUT2D eigenvalue weighted by Gasteiger charge is 2.63. The summed E-state index contributed by atoms with van der Waals surface area (Å²) in [6.07, 6.45) is 3.82. The van der Waals surface area contributed by atoms with Crippen molar-refractivity contribution in [2.45, 2.75) is 38.5 Å². The summed E-state index contributed by atoms with van der Waals surface area (Å²) in [6, 6.07) is 5.94. The van der Waals surface area contributed by atoms with E-state index in [0.717, 1.165) is 24.0 Å². The second kappa shape index (κ2) is 4.52. The SMILES string of the molecule is CC12CCC(/C(=C\c3ccc(S(=O)(=O)O)cc3)C1=O)C2(C)C. The molecule has 2 aliphatic rings. The molecule has 1 N–H and O–H groups in total. The van der Waals surface area contributed by atoms with Gasteiger partial charge in [0.15, 0.2) is 5.78 Å². The standard InChI is InChI=1S/C17H20O4S/c1-16(2)14-8-9-17(16,3)15(18)13(14)10-11-4-6-12(7-5-11)22(19,20)21/h4-7,10,14H,8-9H2,1-3H3,(H,19,20,21)/b13-10+. The first-order valence-corrected chi connectivity index (χ1v) is 8.85. The fraction of sp³-hybridized carbons (Fsp3) is 0.471. The first-order chi connectivity index (χ1) is 10.1. The number of carbonyl (C=O) groups excluding carboxylic acids is 1. The van der Waals surface area contributed by atoms with Gasteiger partial charge >= 0.3 is 0 Å². The number of hydrogen-bond donors (Lipinski definition) is 1. The van der Waals surface area contributed by atoms with Crippen LogP contribution in [0.4, 0.5) is 0 Å². The summed E-state index contributed by atoms with van der Waals surface area (Å²) in [4.78, 5) is 12.6. The van der Waals surface area contributed by atoms with Crippen molar-refractivity contribution < 1.29 is 17.8 Å². The average Bonchev–Trinajstić information content (AvgIpc) is 2.73. The molecule has 2 saturated carbocycles. The highest BCUT2D eigenvalue weighted by molar-refractivity contribution is 7.85. The van der Waals surface area contributed by atoms with Crippen LogP contribution in [0, 0.1) is 16.7 Å². The Morgan fingerprint density at radius 3 is 2.23 bits per heavy atom. The largest absolute Gasteiger partial charge is 0.294 e. The van der Waals surface area contributed by atoms with E-state index >= 15 is 0 Å². The number of allylic oxidation sites excluding steroid dienone is 1. The zero-order valence-electron chi connectivity index (χ0n) is 13.0. The Labute approximate surface area is 131 Å². The third kappa shape index (κ3) is 1.99. The van der Waals surface area contributed by atoms with Gasteiger partial charge in [-0.3, -0.25) is 9.35 Å². The minimum Gasteiger partial charge on any atom is -0.294 e. The van der Waals surface area contributed by atoms with E-state index in [1.54, 1.807) is 12.1 Å². The van der Waals surface area contributed by atoms with E-state index < -0.39 is 10.1 Å². The highest BCUT2D eigenvalue weighted by Crippen LogP contribution is 2.65. The van der Waals surface area contributed by atoms with Crippen LogP contribution in [0.15, 0.2) is 34.7 Å². The van der Waals surface area contributed by atoms with Gasteiger partial charge in [-0.25, -0.2) is 0 Å². The van der Waals surface area contributed by atoms with E-state index in [0.29, 0.717) is 0 Å². The molecule has 2 unspecified atom stereocenters. The molecule has 3 rings (SSSR count). The smallest absolute Gasteiger partial charge is 0.294 e. The van der Waals surface area contributed by atoms with Gasteiger partial charge in [0.05, 0.1) is 4.90 Å². The predicted octanol–water partition coefficient (Wildman–Crippen LogP) is 3.34. The second-order valence-electron chi connectivity index (χ2n) is 7.12. The summed E-state index contributed by atoms with van der Waals surface area (Å²) in [5, 5.41) is 0. The molecule has 2 aliphatic carbocycles. The quantitative estimate of drug-likeness (QED) is 0.670. The van der Waals surface area contributed by atoms with Crippen LogP contribution in [-0.2, 0) is 14.9 Å². The van der Waals surface area contributed by atoms with Crippen LogP contribution in [0.1, 0.15) is 39.2 Å². The van der Waals surface area contributed by atoms with Crippen molar-refractivity contribution in [2.75, 3.05) is 0 Å². The molecular weight excluding hydrogens is 300 g/mol. The first-order valence-electron chi connectivity index (χ1n) is 7.41. The lowest BCUT2D eigenvalue weighted by Gasteiger charge is -2.31. The number of rotatable bonds is 2. The van der Waals surface area contributed by atoms with Gasteiger partial charge in [0.1, 0.15) is 0 Å². The van der Waals surface area contributed by atoms with E-state index in [9.17, 15) is 13.2 Å². The van der Waals surface area contributed by atoms with E-state index in [1.807, 2.05) is 6.08 Å². The average molecular weight is 320 g/mol. The normalized spacial score (nSPS) is 31.9. The molecule has 5 heteroatoms. The zero-order chi connectivity index (χ0) is 16.3. The summed E-state index contributed by atoms with van der Waals surface area (Å²) in [5.41, 5.74) is 1.29. The Bertz CT molecular complexity index is 771. The number of fused-ring (bicyclic) bond motifs is 2. The molecule has 0 radical (unpaired) electrons. The molecule has 1 aromatic rings. The summed E-state index contributed by atoms with van der Waals surface area (Å²) in [6.45, 7) is 6.37. The van der Waals surface area contributed by atoms with E-state index in [-0.39, 0.29) is 27.4 Å². The Hall–Kier alpha value is -1.46. The molecule has 1 aromatic carbocycles. The van der Waals surface area contributed by atoms with Gasteiger partial charge in [-0.15, -0.1) is 0 Å². The maximum atomic E-state index is 12.7. The summed E-state index contributed by atoms with van der Waals surface area (Å²) in [7, 11) is -4.18. The molecule has 0 amide bonds. The fourth-order valence-corrected chi connectivity index (χ4v) is 4.49. The van der Waals surface area contributed by atoms with Gasteiger partial charge in [-0.1, -0.05) is 32.9 Å². The molecule has 4 nitrogen and oxygen atoms in total. The topological polar surface area (TPSA) is 71.4 Å². The molecule has 0 heterocycles. The van der Waals surface area contributed by atoms with E-state index in [2.05, 4.69) is 20.8 Å². The lowest BCUT2D eigenvalue weighted by molar-refractivity contribution is -0.125. The molecule has 0 aromatic heterocycles.